The van der Waals surface area contributed by atoms with Gasteiger partial charge in [-0.25, -0.2) is 4.79 Å². The summed E-state index contributed by atoms with van der Waals surface area (Å²) < 4.78 is 26.7. The molecule has 1 saturated heterocycles. The van der Waals surface area contributed by atoms with E-state index in [4.69, 9.17) is 24.0 Å². The van der Waals surface area contributed by atoms with Gasteiger partial charge in [0.25, 0.3) is 11.8 Å². The van der Waals surface area contributed by atoms with Gasteiger partial charge in [0.05, 0.1) is 45.6 Å². The first-order valence-electron chi connectivity index (χ1n) is 10.8. The Labute approximate surface area is 201 Å². The quantitative estimate of drug-likeness (QED) is 0.149. The van der Waals surface area contributed by atoms with E-state index in [1.165, 1.54) is 0 Å². The third-order valence-corrected chi connectivity index (χ3v) is 5.28. The number of hydrogen-bond acceptors (Lipinski definition) is 9. The van der Waals surface area contributed by atoms with Crippen molar-refractivity contribution in [1.29, 1.82) is 0 Å². The van der Waals surface area contributed by atoms with Gasteiger partial charge in [-0.05, 0) is 11.1 Å². The summed E-state index contributed by atoms with van der Waals surface area (Å²) in [6.45, 7) is 1.04. The van der Waals surface area contributed by atoms with Crippen LogP contribution < -0.4 is 5.32 Å². The van der Waals surface area contributed by atoms with Crippen LogP contribution in [0.4, 0.5) is 0 Å². The van der Waals surface area contributed by atoms with E-state index in [9.17, 15) is 23.7 Å². The molecule has 0 saturated carbocycles. The lowest BCUT2D eigenvalue weighted by atomic mass is 10.1. The molecule has 3 N–H and O–H groups in total. The number of imide groups is 1. The number of rotatable bonds is 16. The van der Waals surface area contributed by atoms with Crippen LogP contribution in [0.5, 0.6) is 0 Å². The molecule has 35 heavy (non-hydrogen) atoms. The first-order chi connectivity index (χ1) is 16.6. The van der Waals surface area contributed by atoms with E-state index < -0.39 is 32.0 Å². The van der Waals surface area contributed by atoms with Crippen molar-refractivity contribution in [2.75, 3.05) is 46.2 Å². The lowest BCUT2D eigenvalue weighted by molar-refractivity contribution is -0.200. The van der Waals surface area contributed by atoms with Gasteiger partial charge in [0.2, 0.25) is 5.91 Å². The molecule has 0 atom stereocenters. The van der Waals surface area contributed by atoms with Gasteiger partial charge in [-0.15, -0.1) is 5.06 Å². The van der Waals surface area contributed by atoms with E-state index in [1.807, 2.05) is 0 Å². The zero-order valence-electron chi connectivity index (χ0n) is 19.1. The topological polar surface area (TPSA) is 178 Å². The largest absolute Gasteiger partial charge is 0.377 e. The maximum absolute atomic E-state index is 11.9. The first-order valence-corrected chi connectivity index (χ1v) is 12.6. The summed E-state index contributed by atoms with van der Waals surface area (Å²) in [5, 5.41) is 3.16. The average Bonchev–Trinajstić information content (AvgIpc) is 3.10. The van der Waals surface area contributed by atoms with Crippen LogP contribution in [0, 0.1) is 0 Å². The Morgan fingerprint density at radius 3 is 2.03 bits per heavy atom. The summed E-state index contributed by atoms with van der Waals surface area (Å²) in [6.07, 6.45) is -0.157. The van der Waals surface area contributed by atoms with E-state index in [0.717, 1.165) is 5.56 Å². The average molecular weight is 516 g/mol. The lowest BCUT2D eigenvalue weighted by Gasteiger charge is -2.12. The fourth-order valence-electron chi connectivity index (χ4n) is 2.89. The summed E-state index contributed by atoms with van der Waals surface area (Å²) in [4.78, 5) is 68.7. The SMILES string of the molecule is O=C(Cc1ccc(CP(=O)(O)O)cc1)NCCOCCOCCOCC(=O)ON1C(=O)CCC1=O. The number of hydroxylamine groups is 2. The summed E-state index contributed by atoms with van der Waals surface area (Å²) in [7, 11) is -4.12. The molecule has 13 nitrogen and oxygen atoms in total. The number of amides is 3. The Kier molecular flexibility index (Phi) is 12.0. The van der Waals surface area contributed by atoms with Crippen molar-refractivity contribution in [3.63, 3.8) is 0 Å². The minimum atomic E-state index is -4.12. The third kappa shape index (κ3) is 12.0. The standard InChI is InChI=1S/C21H29N2O11P/c24-18(13-16-1-3-17(4-2-16)15-35(28,29)30)22-7-8-31-9-10-32-11-12-33-14-21(27)34-23-19(25)5-6-20(23)26/h1-4H,5-15H2,(H,22,24)(H2,28,29,30). The van der Waals surface area contributed by atoms with Gasteiger partial charge >= 0.3 is 13.6 Å². The van der Waals surface area contributed by atoms with Crippen molar-refractivity contribution in [3.05, 3.63) is 35.4 Å². The highest BCUT2D eigenvalue weighted by Crippen LogP contribution is 2.38. The molecule has 14 heteroatoms. The van der Waals surface area contributed by atoms with Crippen LogP contribution in [0.25, 0.3) is 0 Å². The number of hydrogen-bond donors (Lipinski definition) is 3. The second kappa shape index (κ2) is 14.7. The van der Waals surface area contributed by atoms with E-state index >= 15 is 0 Å². The summed E-state index contributed by atoms with van der Waals surface area (Å²) in [6, 6.07) is 6.47. The number of carbonyl (C=O) groups is 4. The van der Waals surface area contributed by atoms with Gasteiger partial charge < -0.3 is 34.2 Å². The first kappa shape index (κ1) is 28.6. The van der Waals surface area contributed by atoms with Gasteiger partial charge in [0, 0.05) is 19.4 Å². The third-order valence-electron chi connectivity index (χ3n) is 4.51. The molecule has 0 aliphatic carbocycles. The van der Waals surface area contributed by atoms with E-state index in [2.05, 4.69) is 10.2 Å². The number of nitrogens with zero attached hydrogens (tertiary/aromatic N) is 1. The zero-order chi connectivity index (χ0) is 25.7. The number of benzene rings is 1. The Morgan fingerprint density at radius 2 is 1.43 bits per heavy atom. The molecule has 1 aromatic rings. The molecule has 1 aliphatic heterocycles. The monoisotopic (exact) mass is 516 g/mol. The fraction of sp³-hybridized carbons (Fsp3) is 0.524. The predicted octanol–water partition coefficient (Wildman–Crippen LogP) is -0.320. The highest BCUT2D eigenvalue weighted by Gasteiger charge is 2.32. The van der Waals surface area contributed by atoms with Crippen molar-refractivity contribution in [1.82, 2.24) is 10.4 Å². The van der Waals surface area contributed by atoms with E-state index in [1.54, 1.807) is 24.3 Å². The second-order valence-electron chi connectivity index (χ2n) is 7.49. The van der Waals surface area contributed by atoms with E-state index in [-0.39, 0.29) is 64.4 Å². The predicted molar refractivity (Wildman–Crippen MR) is 119 cm³/mol. The van der Waals surface area contributed by atoms with Crippen molar-refractivity contribution in [2.24, 2.45) is 0 Å². The van der Waals surface area contributed by atoms with Crippen molar-refractivity contribution in [2.45, 2.75) is 25.4 Å². The van der Waals surface area contributed by atoms with Crippen molar-refractivity contribution in [3.8, 4) is 0 Å². The maximum atomic E-state index is 11.9. The number of nitrogens with one attached hydrogen (secondary N) is 1. The van der Waals surface area contributed by atoms with Gasteiger partial charge in [-0.3, -0.25) is 18.9 Å². The maximum Gasteiger partial charge on any atom is 0.358 e. The molecule has 0 unspecified atom stereocenters. The molecule has 1 heterocycles. The molecule has 194 valence electrons. The minimum absolute atomic E-state index is 0.0233. The molecule has 0 aromatic heterocycles. The fourth-order valence-corrected chi connectivity index (χ4v) is 3.58. The van der Waals surface area contributed by atoms with Crippen LogP contribution in [0.15, 0.2) is 24.3 Å². The van der Waals surface area contributed by atoms with Crippen LogP contribution in [0.3, 0.4) is 0 Å². The lowest BCUT2D eigenvalue weighted by Crippen LogP contribution is -2.33. The minimum Gasteiger partial charge on any atom is -0.377 e. The highest BCUT2D eigenvalue weighted by atomic mass is 31.2. The van der Waals surface area contributed by atoms with Crippen molar-refractivity contribution < 1.29 is 52.6 Å². The van der Waals surface area contributed by atoms with Gasteiger partial charge in [-0.2, -0.15) is 0 Å². The molecule has 0 radical (unpaired) electrons. The molecule has 0 spiro atoms. The molecular weight excluding hydrogens is 487 g/mol. The van der Waals surface area contributed by atoms with Crippen LogP contribution in [-0.4, -0.2) is 84.7 Å². The molecule has 2 rings (SSSR count). The van der Waals surface area contributed by atoms with Gasteiger partial charge in [-0.1, -0.05) is 24.3 Å². The number of ether oxygens (including phenoxy) is 3. The van der Waals surface area contributed by atoms with Crippen molar-refractivity contribution >= 4 is 31.3 Å². The summed E-state index contributed by atoms with van der Waals surface area (Å²) >= 11 is 0. The van der Waals surface area contributed by atoms with Crippen LogP contribution in [-0.2, 0) is 55.4 Å². The van der Waals surface area contributed by atoms with Gasteiger partial charge in [0.1, 0.15) is 6.61 Å². The normalized spacial score (nSPS) is 13.8. The molecule has 3 amide bonds. The Bertz CT molecular complexity index is 900. The van der Waals surface area contributed by atoms with Crippen LogP contribution in [0.2, 0.25) is 0 Å². The summed E-state index contributed by atoms with van der Waals surface area (Å²) in [5.74, 6) is -2.17. The Hall–Kier alpha value is -2.67. The highest BCUT2D eigenvalue weighted by molar-refractivity contribution is 7.50. The van der Waals surface area contributed by atoms with Gasteiger partial charge in [0.15, 0.2) is 0 Å². The summed E-state index contributed by atoms with van der Waals surface area (Å²) in [5.41, 5.74) is 1.22. The molecule has 1 fully saturated rings. The smallest absolute Gasteiger partial charge is 0.358 e. The molecule has 1 aliphatic rings. The number of carbonyl (C=O) groups excluding carboxylic acids is 4. The molecule has 0 bridgehead atoms. The Morgan fingerprint density at radius 1 is 0.886 bits per heavy atom. The van der Waals surface area contributed by atoms with E-state index in [0.29, 0.717) is 17.2 Å². The molecule has 1 aromatic carbocycles. The Balaban J connectivity index is 1.41. The van der Waals surface area contributed by atoms with Crippen LogP contribution in [0.1, 0.15) is 24.0 Å². The van der Waals surface area contributed by atoms with Crippen LogP contribution >= 0.6 is 7.60 Å². The second-order valence-corrected chi connectivity index (χ2v) is 9.13. The zero-order valence-corrected chi connectivity index (χ0v) is 19.9. The molecular formula is C21H29N2O11P.